The first-order valence-corrected chi connectivity index (χ1v) is 11.2. The first-order chi connectivity index (χ1) is 14.8. The van der Waals surface area contributed by atoms with Crippen molar-refractivity contribution in [3.05, 3.63) is 65.2 Å². The van der Waals surface area contributed by atoms with E-state index in [2.05, 4.69) is 5.32 Å². The average Bonchev–Trinajstić information content (AvgIpc) is 2.77. The number of carbonyl (C=O) groups excluding carboxylic acids is 2. The summed E-state index contributed by atoms with van der Waals surface area (Å²) in [6, 6.07) is 15.5. The van der Waals surface area contributed by atoms with E-state index in [4.69, 9.17) is 4.74 Å². The van der Waals surface area contributed by atoms with Crippen LogP contribution in [0.15, 0.2) is 48.5 Å². The van der Waals surface area contributed by atoms with Crippen LogP contribution in [0, 0.1) is 13.8 Å². The molecule has 2 amide bonds. The minimum atomic E-state index is -0.521. The molecule has 2 aromatic rings. The van der Waals surface area contributed by atoms with Gasteiger partial charge in [0.1, 0.15) is 11.8 Å². The Morgan fingerprint density at radius 3 is 2.39 bits per heavy atom. The molecule has 2 aromatic carbocycles. The zero-order valence-corrected chi connectivity index (χ0v) is 19.5. The maximum Gasteiger partial charge on any atom is 0.261 e. The summed E-state index contributed by atoms with van der Waals surface area (Å²) in [5.74, 6) is 0.418. The van der Waals surface area contributed by atoms with Gasteiger partial charge in [-0.3, -0.25) is 9.59 Å². The second-order valence-electron chi connectivity index (χ2n) is 8.12. The summed E-state index contributed by atoms with van der Waals surface area (Å²) in [6.07, 6.45) is 2.07. The highest BCUT2D eigenvalue weighted by molar-refractivity contribution is 5.88. The lowest BCUT2D eigenvalue weighted by Gasteiger charge is -2.31. The van der Waals surface area contributed by atoms with Gasteiger partial charge < -0.3 is 15.0 Å². The third-order valence-electron chi connectivity index (χ3n) is 5.57. The number of nitrogens with zero attached hydrogens (tertiary/aromatic N) is 1. The molecule has 0 saturated carbocycles. The molecule has 2 rings (SSSR count). The van der Waals surface area contributed by atoms with E-state index < -0.39 is 6.04 Å². The molecule has 5 heteroatoms. The highest BCUT2D eigenvalue weighted by atomic mass is 16.5. The maximum absolute atomic E-state index is 13.2. The minimum absolute atomic E-state index is 0.0684. The zero-order chi connectivity index (χ0) is 22.8. The molecule has 0 fully saturated rings. The Bertz CT molecular complexity index is 851. The molecule has 2 unspecified atom stereocenters. The molecule has 0 aliphatic heterocycles. The van der Waals surface area contributed by atoms with E-state index >= 15 is 0 Å². The average molecular weight is 425 g/mol. The van der Waals surface area contributed by atoms with E-state index in [1.54, 1.807) is 4.90 Å². The third-order valence-corrected chi connectivity index (χ3v) is 5.57. The largest absolute Gasteiger partial charge is 0.483 e. The SMILES string of the molecule is CCC(C)NC(=O)C(CC)N(CCc1ccccc1)C(=O)COc1cc(C)ccc1C. The molecule has 0 aliphatic rings. The summed E-state index contributed by atoms with van der Waals surface area (Å²) >= 11 is 0. The lowest BCUT2D eigenvalue weighted by molar-refractivity contribution is -0.142. The minimum Gasteiger partial charge on any atom is -0.483 e. The standard InChI is InChI=1S/C26H36N2O3/c1-6-21(5)27-26(30)23(7-2)28(16-15-22-11-9-8-10-12-22)25(29)18-31-24-17-19(3)13-14-20(24)4/h8-14,17,21,23H,6-7,15-16,18H2,1-5H3,(H,27,30). The lowest BCUT2D eigenvalue weighted by atomic mass is 10.1. The fourth-order valence-electron chi connectivity index (χ4n) is 3.42. The Kier molecular flexibility index (Phi) is 9.57. The highest BCUT2D eigenvalue weighted by Crippen LogP contribution is 2.19. The van der Waals surface area contributed by atoms with Crippen molar-refractivity contribution < 1.29 is 14.3 Å². The van der Waals surface area contributed by atoms with Crippen LogP contribution in [0.3, 0.4) is 0 Å². The second kappa shape index (κ2) is 12.1. The molecule has 0 spiro atoms. The van der Waals surface area contributed by atoms with E-state index in [1.807, 2.05) is 83.1 Å². The van der Waals surface area contributed by atoms with Crippen LogP contribution < -0.4 is 10.1 Å². The van der Waals surface area contributed by atoms with E-state index in [0.717, 1.165) is 23.1 Å². The summed E-state index contributed by atoms with van der Waals surface area (Å²) in [6.45, 7) is 10.3. The summed E-state index contributed by atoms with van der Waals surface area (Å²) in [7, 11) is 0. The third kappa shape index (κ3) is 7.42. The second-order valence-corrected chi connectivity index (χ2v) is 8.12. The summed E-state index contributed by atoms with van der Waals surface area (Å²) in [5, 5.41) is 3.03. The molecule has 168 valence electrons. The van der Waals surface area contributed by atoms with Gasteiger partial charge in [0.15, 0.2) is 6.61 Å². The predicted octanol–water partition coefficient (Wildman–Crippen LogP) is 4.45. The molecule has 0 heterocycles. The molecule has 0 aliphatic carbocycles. The fraction of sp³-hybridized carbons (Fsp3) is 0.462. The summed E-state index contributed by atoms with van der Waals surface area (Å²) < 4.78 is 5.87. The number of ether oxygens (including phenoxy) is 1. The van der Waals surface area contributed by atoms with E-state index in [-0.39, 0.29) is 24.5 Å². The normalized spacial score (nSPS) is 12.7. The van der Waals surface area contributed by atoms with Gasteiger partial charge >= 0.3 is 0 Å². The van der Waals surface area contributed by atoms with Crippen molar-refractivity contribution in [1.82, 2.24) is 10.2 Å². The topological polar surface area (TPSA) is 58.6 Å². The van der Waals surface area contributed by atoms with E-state index in [0.29, 0.717) is 25.1 Å². The lowest BCUT2D eigenvalue weighted by Crippen LogP contribution is -2.52. The zero-order valence-electron chi connectivity index (χ0n) is 19.5. The van der Waals surface area contributed by atoms with Gasteiger partial charge in [-0.15, -0.1) is 0 Å². The first-order valence-electron chi connectivity index (χ1n) is 11.2. The highest BCUT2D eigenvalue weighted by Gasteiger charge is 2.29. The van der Waals surface area contributed by atoms with Crippen molar-refractivity contribution >= 4 is 11.8 Å². The Labute approximate surface area is 186 Å². The molecule has 0 radical (unpaired) electrons. The molecule has 2 atom stereocenters. The van der Waals surface area contributed by atoms with Gasteiger partial charge in [-0.25, -0.2) is 0 Å². The molecule has 1 N–H and O–H groups in total. The van der Waals surface area contributed by atoms with Crippen LogP contribution in [0.2, 0.25) is 0 Å². The van der Waals surface area contributed by atoms with Crippen molar-refractivity contribution in [3.8, 4) is 5.75 Å². The number of nitrogens with one attached hydrogen (secondary N) is 1. The summed E-state index contributed by atoms with van der Waals surface area (Å²) in [5.41, 5.74) is 3.19. The monoisotopic (exact) mass is 424 g/mol. The Hall–Kier alpha value is -2.82. The number of rotatable bonds is 11. The van der Waals surface area contributed by atoms with Gasteiger partial charge in [-0.05, 0) is 62.8 Å². The number of hydrogen-bond donors (Lipinski definition) is 1. The number of aryl methyl sites for hydroxylation is 2. The number of carbonyl (C=O) groups is 2. The molecule has 31 heavy (non-hydrogen) atoms. The smallest absolute Gasteiger partial charge is 0.261 e. The van der Waals surface area contributed by atoms with Crippen molar-refractivity contribution in [3.63, 3.8) is 0 Å². The van der Waals surface area contributed by atoms with Crippen LogP contribution in [-0.2, 0) is 16.0 Å². The van der Waals surface area contributed by atoms with Crippen molar-refractivity contribution in [2.75, 3.05) is 13.2 Å². The fourth-order valence-corrected chi connectivity index (χ4v) is 3.42. The van der Waals surface area contributed by atoms with Crippen molar-refractivity contribution in [1.29, 1.82) is 0 Å². The van der Waals surface area contributed by atoms with E-state index in [9.17, 15) is 9.59 Å². The van der Waals surface area contributed by atoms with Gasteiger partial charge in [0.25, 0.3) is 5.91 Å². The van der Waals surface area contributed by atoms with Crippen LogP contribution in [-0.4, -0.2) is 41.9 Å². The van der Waals surface area contributed by atoms with Crippen LogP contribution >= 0.6 is 0 Å². The molecule has 0 aromatic heterocycles. The van der Waals surface area contributed by atoms with Gasteiger partial charge in [0, 0.05) is 12.6 Å². The Morgan fingerprint density at radius 2 is 1.74 bits per heavy atom. The molecule has 5 nitrogen and oxygen atoms in total. The summed E-state index contributed by atoms with van der Waals surface area (Å²) in [4.78, 5) is 27.8. The van der Waals surface area contributed by atoms with E-state index in [1.165, 1.54) is 0 Å². The van der Waals surface area contributed by atoms with Crippen molar-refractivity contribution in [2.45, 2.75) is 66.0 Å². The van der Waals surface area contributed by atoms with Crippen LogP contribution in [0.4, 0.5) is 0 Å². The Balaban J connectivity index is 2.16. The van der Waals surface area contributed by atoms with Crippen molar-refractivity contribution in [2.24, 2.45) is 0 Å². The first kappa shape index (κ1) is 24.4. The maximum atomic E-state index is 13.2. The van der Waals surface area contributed by atoms with Crippen LogP contribution in [0.1, 0.15) is 50.3 Å². The van der Waals surface area contributed by atoms with Crippen LogP contribution in [0.5, 0.6) is 5.75 Å². The molecule has 0 saturated heterocycles. The molecular formula is C26H36N2O3. The quantitative estimate of drug-likeness (QED) is 0.580. The van der Waals surface area contributed by atoms with Gasteiger partial charge in [0.2, 0.25) is 5.91 Å². The molecule has 0 bridgehead atoms. The number of hydrogen-bond acceptors (Lipinski definition) is 3. The predicted molar refractivity (Wildman–Crippen MR) is 125 cm³/mol. The number of benzene rings is 2. The van der Waals surface area contributed by atoms with Gasteiger partial charge in [-0.1, -0.05) is 56.3 Å². The molecular weight excluding hydrogens is 388 g/mol. The van der Waals surface area contributed by atoms with Gasteiger partial charge in [-0.2, -0.15) is 0 Å². The number of amides is 2. The van der Waals surface area contributed by atoms with Gasteiger partial charge in [0.05, 0.1) is 0 Å². The van der Waals surface area contributed by atoms with Crippen LogP contribution in [0.25, 0.3) is 0 Å². The Morgan fingerprint density at radius 1 is 1.03 bits per heavy atom.